The molecule has 1 aromatic carbocycles. The van der Waals surface area contributed by atoms with E-state index in [1.54, 1.807) is 11.3 Å². The number of nitrogens with one attached hydrogen (secondary N) is 1. The molecule has 0 aliphatic carbocycles. The molecule has 1 aromatic heterocycles. The van der Waals surface area contributed by atoms with Gasteiger partial charge in [0.05, 0.1) is 11.4 Å². The lowest BCUT2D eigenvalue weighted by Gasteiger charge is -2.20. The number of ether oxygens (including phenoxy) is 2. The van der Waals surface area contributed by atoms with Crippen LogP contribution in [0.25, 0.3) is 0 Å². The summed E-state index contributed by atoms with van der Waals surface area (Å²) < 4.78 is 11.1. The highest BCUT2D eigenvalue weighted by Crippen LogP contribution is 2.37. The van der Waals surface area contributed by atoms with Gasteiger partial charge in [-0.25, -0.2) is 0 Å². The molecule has 0 fully saturated rings. The van der Waals surface area contributed by atoms with E-state index in [0.717, 1.165) is 23.7 Å². The Morgan fingerprint density at radius 3 is 2.63 bits per heavy atom. The molecular weight excluding hydrogens is 260 g/mol. The van der Waals surface area contributed by atoms with Gasteiger partial charge in [-0.15, -0.1) is 0 Å². The molecule has 1 aliphatic heterocycles. The lowest BCUT2D eigenvalue weighted by molar-refractivity contribution is 0.172. The van der Waals surface area contributed by atoms with Crippen molar-refractivity contribution in [2.75, 3.05) is 24.3 Å². The molecule has 0 bridgehead atoms. The van der Waals surface area contributed by atoms with Gasteiger partial charge in [0.15, 0.2) is 11.5 Å². The van der Waals surface area contributed by atoms with E-state index in [1.165, 1.54) is 11.1 Å². The van der Waals surface area contributed by atoms with Crippen molar-refractivity contribution in [1.82, 2.24) is 0 Å². The summed E-state index contributed by atoms with van der Waals surface area (Å²) in [6.45, 7) is 4.03. The average molecular weight is 276 g/mol. The maximum absolute atomic E-state index is 6.03. The Bertz CT molecular complexity index is 595. The van der Waals surface area contributed by atoms with Gasteiger partial charge in [0.1, 0.15) is 13.2 Å². The third-order valence-corrected chi connectivity index (χ3v) is 4.06. The molecule has 5 heteroatoms. The monoisotopic (exact) mass is 276 g/mol. The molecule has 3 rings (SSSR count). The van der Waals surface area contributed by atoms with Gasteiger partial charge in [0, 0.05) is 18.7 Å². The summed E-state index contributed by atoms with van der Waals surface area (Å²) in [5, 5.41) is 7.64. The summed E-state index contributed by atoms with van der Waals surface area (Å²) in [6.07, 6.45) is 0. The molecule has 2 heterocycles. The van der Waals surface area contributed by atoms with Crippen molar-refractivity contribution in [1.29, 1.82) is 0 Å². The molecule has 2 aromatic rings. The largest absolute Gasteiger partial charge is 0.486 e. The van der Waals surface area contributed by atoms with Gasteiger partial charge < -0.3 is 20.5 Å². The maximum Gasteiger partial charge on any atom is 0.163 e. The first kappa shape index (κ1) is 12.2. The Morgan fingerprint density at radius 2 is 1.95 bits per heavy atom. The molecule has 0 amide bonds. The fourth-order valence-electron chi connectivity index (χ4n) is 2.02. The molecule has 0 unspecified atom stereocenters. The highest BCUT2D eigenvalue weighted by molar-refractivity contribution is 7.08. The van der Waals surface area contributed by atoms with Crippen LogP contribution in [0.2, 0.25) is 0 Å². The summed E-state index contributed by atoms with van der Waals surface area (Å²) >= 11 is 1.71. The first-order valence-electron chi connectivity index (χ1n) is 6.18. The molecule has 1 aliphatic rings. The number of hydrogen-bond donors (Lipinski definition) is 2. The molecule has 0 atom stereocenters. The van der Waals surface area contributed by atoms with Crippen molar-refractivity contribution in [2.24, 2.45) is 0 Å². The fourth-order valence-corrected chi connectivity index (χ4v) is 2.87. The highest BCUT2D eigenvalue weighted by atomic mass is 32.1. The van der Waals surface area contributed by atoms with E-state index in [1.807, 2.05) is 12.1 Å². The van der Waals surface area contributed by atoms with Crippen LogP contribution in [0.4, 0.5) is 11.4 Å². The van der Waals surface area contributed by atoms with Crippen molar-refractivity contribution in [3.8, 4) is 11.5 Å². The minimum atomic E-state index is 0.577. The summed E-state index contributed by atoms with van der Waals surface area (Å²) in [5.41, 5.74) is 10.2. The van der Waals surface area contributed by atoms with Crippen LogP contribution in [0.15, 0.2) is 22.9 Å². The van der Waals surface area contributed by atoms with Crippen molar-refractivity contribution < 1.29 is 9.47 Å². The highest BCUT2D eigenvalue weighted by Gasteiger charge is 2.14. The van der Waals surface area contributed by atoms with Crippen LogP contribution in [0.3, 0.4) is 0 Å². The number of anilines is 2. The molecule has 4 nitrogen and oxygen atoms in total. The van der Waals surface area contributed by atoms with Crippen LogP contribution >= 0.6 is 11.3 Å². The van der Waals surface area contributed by atoms with E-state index in [9.17, 15) is 0 Å². The third kappa shape index (κ3) is 2.46. The second kappa shape index (κ2) is 5.01. The molecule has 100 valence electrons. The third-order valence-electron chi connectivity index (χ3n) is 3.15. The predicted molar refractivity (Wildman–Crippen MR) is 78.2 cm³/mol. The smallest absolute Gasteiger partial charge is 0.163 e. The van der Waals surface area contributed by atoms with E-state index in [0.29, 0.717) is 18.9 Å². The number of aryl methyl sites for hydroxylation is 1. The molecule has 0 spiro atoms. The van der Waals surface area contributed by atoms with E-state index in [2.05, 4.69) is 23.0 Å². The van der Waals surface area contributed by atoms with Gasteiger partial charge in [-0.05, 0) is 28.8 Å². The average Bonchev–Trinajstić information content (AvgIpc) is 2.82. The van der Waals surface area contributed by atoms with Gasteiger partial charge in [-0.2, -0.15) is 11.3 Å². The second-order valence-corrected chi connectivity index (χ2v) is 5.26. The predicted octanol–water partition coefficient (Wildman–Crippen LogP) is 3.02. The lowest BCUT2D eigenvalue weighted by Crippen LogP contribution is -2.16. The number of hydrogen-bond acceptors (Lipinski definition) is 5. The van der Waals surface area contributed by atoms with Crippen molar-refractivity contribution in [2.45, 2.75) is 13.5 Å². The number of rotatable bonds is 3. The quantitative estimate of drug-likeness (QED) is 0.846. The van der Waals surface area contributed by atoms with E-state index < -0.39 is 0 Å². The van der Waals surface area contributed by atoms with Gasteiger partial charge in [0.25, 0.3) is 0 Å². The number of benzene rings is 1. The minimum Gasteiger partial charge on any atom is -0.486 e. The lowest BCUT2D eigenvalue weighted by atomic mass is 10.2. The molecular formula is C14H16N2O2S. The van der Waals surface area contributed by atoms with Crippen LogP contribution < -0.4 is 20.5 Å². The van der Waals surface area contributed by atoms with Crippen LogP contribution in [0.5, 0.6) is 11.5 Å². The second-order valence-electron chi connectivity index (χ2n) is 4.52. The van der Waals surface area contributed by atoms with Crippen molar-refractivity contribution >= 4 is 22.7 Å². The minimum absolute atomic E-state index is 0.577. The SMILES string of the molecule is Cc1cscc1CNc1cc2c(cc1N)OCCO2. The van der Waals surface area contributed by atoms with Gasteiger partial charge in [0.2, 0.25) is 0 Å². The van der Waals surface area contributed by atoms with Crippen LogP contribution in [0, 0.1) is 6.92 Å². The fraction of sp³-hybridized carbons (Fsp3) is 0.286. The molecule has 0 saturated carbocycles. The first-order chi connectivity index (χ1) is 9.24. The zero-order valence-corrected chi connectivity index (χ0v) is 11.5. The van der Waals surface area contributed by atoms with E-state index >= 15 is 0 Å². The van der Waals surface area contributed by atoms with Crippen molar-refractivity contribution in [3.63, 3.8) is 0 Å². The standard InChI is InChI=1S/C14H16N2O2S/c1-9-7-19-8-10(9)6-16-12-5-14-13(4-11(12)15)17-2-3-18-14/h4-5,7-8,16H,2-3,6,15H2,1H3. The Labute approximate surface area is 116 Å². The zero-order chi connectivity index (χ0) is 13.2. The molecule has 3 N–H and O–H groups in total. The molecule has 0 radical (unpaired) electrons. The topological polar surface area (TPSA) is 56.5 Å². The Hall–Kier alpha value is -1.88. The van der Waals surface area contributed by atoms with E-state index in [-0.39, 0.29) is 0 Å². The number of nitrogens with two attached hydrogens (primary N) is 1. The van der Waals surface area contributed by atoms with Crippen molar-refractivity contribution in [3.05, 3.63) is 34.0 Å². The summed E-state index contributed by atoms with van der Waals surface area (Å²) in [6, 6.07) is 3.73. The normalized spacial score (nSPS) is 13.3. The number of fused-ring (bicyclic) bond motifs is 1. The maximum atomic E-state index is 6.03. The number of thiophene rings is 1. The summed E-state index contributed by atoms with van der Waals surface area (Å²) in [4.78, 5) is 0. The molecule has 19 heavy (non-hydrogen) atoms. The Kier molecular flexibility index (Phi) is 3.21. The van der Waals surface area contributed by atoms with Gasteiger partial charge >= 0.3 is 0 Å². The Balaban J connectivity index is 1.79. The van der Waals surface area contributed by atoms with E-state index in [4.69, 9.17) is 15.2 Å². The first-order valence-corrected chi connectivity index (χ1v) is 7.13. The summed E-state index contributed by atoms with van der Waals surface area (Å²) in [5.74, 6) is 1.48. The molecule has 0 saturated heterocycles. The van der Waals surface area contributed by atoms with Crippen LogP contribution in [-0.2, 0) is 6.54 Å². The van der Waals surface area contributed by atoms with Gasteiger partial charge in [-0.3, -0.25) is 0 Å². The zero-order valence-electron chi connectivity index (χ0n) is 10.7. The van der Waals surface area contributed by atoms with Crippen LogP contribution in [-0.4, -0.2) is 13.2 Å². The van der Waals surface area contributed by atoms with Crippen LogP contribution in [0.1, 0.15) is 11.1 Å². The summed E-state index contributed by atoms with van der Waals surface area (Å²) in [7, 11) is 0. The Morgan fingerprint density at radius 1 is 1.21 bits per heavy atom. The van der Waals surface area contributed by atoms with Gasteiger partial charge in [-0.1, -0.05) is 0 Å². The number of nitrogen functional groups attached to an aromatic ring is 1.